The van der Waals surface area contributed by atoms with E-state index < -0.39 is 0 Å². The van der Waals surface area contributed by atoms with E-state index in [2.05, 4.69) is 10.1 Å². The van der Waals surface area contributed by atoms with Crippen molar-refractivity contribution in [3.05, 3.63) is 88.4 Å². The van der Waals surface area contributed by atoms with Crippen LogP contribution in [-0.2, 0) is 6.42 Å². The molecular weight excluding hydrogens is 420 g/mol. The van der Waals surface area contributed by atoms with Gasteiger partial charge in [0.05, 0.1) is 10.9 Å². The second kappa shape index (κ2) is 9.78. The molecule has 0 fully saturated rings. The Bertz CT molecular complexity index is 1140. The first-order valence-electron chi connectivity index (χ1n) is 10.5. The number of hydrogen-bond acceptors (Lipinski definition) is 6. The third kappa shape index (κ3) is 4.89. The third-order valence-electron chi connectivity index (χ3n) is 5.42. The number of nitrogens with zero attached hydrogens (tertiary/aromatic N) is 4. The molecule has 0 aliphatic heterocycles. The number of carbonyl (C=O) groups is 1. The van der Waals surface area contributed by atoms with E-state index in [0.29, 0.717) is 24.7 Å². The summed E-state index contributed by atoms with van der Waals surface area (Å²) in [5.74, 6) is 1.08. The van der Waals surface area contributed by atoms with Gasteiger partial charge in [0, 0.05) is 38.3 Å². The quantitative estimate of drug-likeness (QED) is 0.367. The van der Waals surface area contributed by atoms with Gasteiger partial charge in [-0.05, 0) is 48.2 Å². The molecule has 0 saturated heterocycles. The summed E-state index contributed by atoms with van der Waals surface area (Å²) in [5, 5.41) is 6.06. The Morgan fingerprint density at radius 3 is 2.44 bits per heavy atom. The summed E-state index contributed by atoms with van der Waals surface area (Å²) in [7, 11) is 4.00. The Morgan fingerprint density at radius 1 is 1.03 bits per heavy atom. The lowest BCUT2D eigenvalue weighted by Crippen LogP contribution is -2.35. The van der Waals surface area contributed by atoms with Crippen LogP contribution in [0.2, 0.25) is 0 Å². The van der Waals surface area contributed by atoms with Gasteiger partial charge in [0.2, 0.25) is 11.7 Å². The van der Waals surface area contributed by atoms with Crippen molar-refractivity contribution >= 4 is 22.9 Å². The van der Waals surface area contributed by atoms with Gasteiger partial charge in [0.1, 0.15) is 0 Å². The average molecular weight is 447 g/mol. The van der Waals surface area contributed by atoms with Crippen molar-refractivity contribution in [2.24, 2.45) is 0 Å². The van der Waals surface area contributed by atoms with Crippen molar-refractivity contribution in [2.45, 2.75) is 19.4 Å². The molecule has 0 bridgehead atoms. The molecule has 2 aromatic carbocycles. The highest BCUT2D eigenvalue weighted by Crippen LogP contribution is 2.25. The summed E-state index contributed by atoms with van der Waals surface area (Å²) in [6, 6.07) is 21.7. The molecule has 0 saturated carbocycles. The predicted molar refractivity (Wildman–Crippen MR) is 128 cm³/mol. The van der Waals surface area contributed by atoms with Crippen LogP contribution in [0, 0.1) is 0 Å². The first-order valence-corrected chi connectivity index (χ1v) is 11.4. The van der Waals surface area contributed by atoms with Gasteiger partial charge in [-0.1, -0.05) is 41.6 Å². The Balaban J connectivity index is 1.50. The monoisotopic (exact) mass is 446 g/mol. The van der Waals surface area contributed by atoms with E-state index in [1.165, 1.54) is 11.3 Å². The van der Waals surface area contributed by atoms with Gasteiger partial charge in [0.15, 0.2) is 0 Å². The summed E-state index contributed by atoms with van der Waals surface area (Å²) in [6.07, 6.45) is 0.483. The molecule has 4 aromatic rings. The minimum Gasteiger partial charge on any atom is -0.378 e. The summed E-state index contributed by atoms with van der Waals surface area (Å²) >= 11 is 1.45. The molecule has 1 atom stereocenters. The maximum Gasteiger partial charge on any atom is 0.264 e. The zero-order valence-corrected chi connectivity index (χ0v) is 19.2. The van der Waals surface area contributed by atoms with Gasteiger partial charge in [-0.3, -0.25) is 4.79 Å². The molecule has 0 radical (unpaired) electrons. The number of amides is 1. The van der Waals surface area contributed by atoms with E-state index in [-0.39, 0.29) is 11.9 Å². The standard InChI is InChI=1S/C25H26N4O2S/c1-18(19-8-5-4-6-9-19)29(25(30)22-10-7-17-32-22)16-15-23-26-24(27-31-23)20-11-13-21(14-12-20)28(2)3/h4-14,17-18H,15-16H2,1-3H3/t18-/m1/s1. The van der Waals surface area contributed by atoms with Crippen molar-refractivity contribution in [1.29, 1.82) is 0 Å². The molecule has 2 aromatic heterocycles. The van der Waals surface area contributed by atoms with E-state index in [0.717, 1.165) is 21.7 Å². The largest absolute Gasteiger partial charge is 0.378 e. The molecule has 7 heteroatoms. The number of rotatable bonds is 8. The second-order valence-electron chi connectivity index (χ2n) is 7.77. The second-order valence-corrected chi connectivity index (χ2v) is 8.71. The normalized spacial score (nSPS) is 11.8. The molecule has 4 rings (SSSR count). The van der Waals surface area contributed by atoms with E-state index >= 15 is 0 Å². The van der Waals surface area contributed by atoms with E-state index in [1.807, 2.05) is 103 Å². The topological polar surface area (TPSA) is 62.5 Å². The summed E-state index contributed by atoms with van der Waals surface area (Å²) < 4.78 is 5.50. The molecule has 0 N–H and O–H groups in total. The Labute approximate surface area is 192 Å². The van der Waals surface area contributed by atoms with Crippen molar-refractivity contribution in [1.82, 2.24) is 15.0 Å². The van der Waals surface area contributed by atoms with Crippen molar-refractivity contribution in [2.75, 3.05) is 25.5 Å². The van der Waals surface area contributed by atoms with Crippen molar-refractivity contribution in [3.8, 4) is 11.4 Å². The molecule has 32 heavy (non-hydrogen) atoms. The number of aromatic nitrogens is 2. The highest BCUT2D eigenvalue weighted by molar-refractivity contribution is 7.12. The lowest BCUT2D eigenvalue weighted by Gasteiger charge is -2.29. The Kier molecular flexibility index (Phi) is 6.66. The van der Waals surface area contributed by atoms with Crippen LogP contribution in [0.3, 0.4) is 0 Å². The van der Waals surface area contributed by atoms with Gasteiger partial charge in [-0.15, -0.1) is 11.3 Å². The van der Waals surface area contributed by atoms with Crippen molar-refractivity contribution in [3.63, 3.8) is 0 Å². The van der Waals surface area contributed by atoms with Crippen molar-refractivity contribution < 1.29 is 9.32 Å². The minimum absolute atomic E-state index is 0.00960. The highest BCUT2D eigenvalue weighted by atomic mass is 32.1. The SMILES string of the molecule is C[C@H](c1ccccc1)N(CCc1nc(-c2ccc(N(C)C)cc2)no1)C(=O)c1cccs1. The van der Waals surface area contributed by atoms with Crippen LogP contribution < -0.4 is 4.90 Å². The first-order chi connectivity index (χ1) is 15.5. The fourth-order valence-electron chi connectivity index (χ4n) is 3.52. The fraction of sp³-hybridized carbons (Fsp3) is 0.240. The number of hydrogen-bond donors (Lipinski definition) is 0. The molecule has 164 valence electrons. The predicted octanol–water partition coefficient (Wildman–Crippen LogP) is 5.31. The highest BCUT2D eigenvalue weighted by Gasteiger charge is 2.24. The number of carbonyl (C=O) groups excluding carboxylic acids is 1. The van der Waals surface area contributed by atoms with Gasteiger partial charge in [-0.2, -0.15) is 4.98 Å². The number of thiophene rings is 1. The summed E-state index contributed by atoms with van der Waals surface area (Å²) in [5.41, 5.74) is 3.09. The maximum atomic E-state index is 13.2. The van der Waals surface area contributed by atoms with Crippen LogP contribution in [-0.4, -0.2) is 41.6 Å². The first kappa shape index (κ1) is 21.8. The zero-order chi connectivity index (χ0) is 22.5. The van der Waals surface area contributed by atoms with Gasteiger partial charge < -0.3 is 14.3 Å². The fourth-order valence-corrected chi connectivity index (χ4v) is 4.20. The Hall–Kier alpha value is -3.45. The summed E-state index contributed by atoms with van der Waals surface area (Å²) in [6.45, 7) is 2.53. The molecular formula is C25H26N4O2S. The molecule has 2 heterocycles. The number of benzene rings is 2. The summed E-state index contributed by atoms with van der Waals surface area (Å²) in [4.78, 5) is 22.4. The lowest BCUT2D eigenvalue weighted by atomic mass is 10.1. The van der Waals surface area contributed by atoms with Crippen LogP contribution in [0.5, 0.6) is 0 Å². The van der Waals surface area contributed by atoms with Crippen LogP contribution in [0.1, 0.15) is 34.1 Å². The third-order valence-corrected chi connectivity index (χ3v) is 6.28. The smallest absolute Gasteiger partial charge is 0.264 e. The Morgan fingerprint density at radius 2 is 1.78 bits per heavy atom. The van der Waals surface area contributed by atoms with E-state index in [9.17, 15) is 4.79 Å². The van der Waals surface area contributed by atoms with Gasteiger partial charge >= 0.3 is 0 Å². The molecule has 0 spiro atoms. The van der Waals surface area contributed by atoms with E-state index in [4.69, 9.17) is 4.52 Å². The van der Waals surface area contributed by atoms with Crippen LogP contribution in [0.15, 0.2) is 76.6 Å². The molecule has 0 aliphatic rings. The van der Waals surface area contributed by atoms with Gasteiger partial charge in [-0.25, -0.2) is 0 Å². The van der Waals surface area contributed by atoms with Gasteiger partial charge in [0.25, 0.3) is 5.91 Å². The van der Waals surface area contributed by atoms with Crippen LogP contribution in [0.25, 0.3) is 11.4 Å². The molecule has 0 aliphatic carbocycles. The van der Waals surface area contributed by atoms with Crippen LogP contribution >= 0.6 is 11.3 Å². The molecule has 1 amide bonds. The van der Waals surface area contributed by atoms with Crippen LogP contribution in [0.4, 0.5) is 5.69 Å². The molecule has 6 nitrogen and oxygen atoms in total. The average Bonchev–Trinajstić information content (AvgIpc) is 3.52. The number of anilines is 1. The maximum absolute atomic E-state index is 13.2. The lowest BCUT2D eigenvalue weighted by molar-refractivity contribution is 0.0694. The molecule has 0 unspecified atom stereocenters. The zero-order valence-electron chi connectivity index (χ0n) is 18.4. The minimum atomic E-state index is -0.0771. The van der Waals surface area contributed by atoms with E-state index in [1.54, 1.807) is 0 Å².